The molecule has 0 radical (unpaired) electrons. The second-order valence-electron chi connectivity index (χ2n) is 26.4. The molecule has 3 aromatic heterocycles. The maximum atomic E-state index is 2.55. The summed E-state index contributed by atoms with van der Waals surface area (Å²) >= 11 is 0. The summed E-state index contributed by atoms with van der Waals surface area (Å²) < 4.78 is 7.30. The van der Waals surface area contributed by atoms with Crippen LogP contribution < -0.4 is 4.90 Å². The van der Waals surface area contributed by atoms with Gasteiger partial charge in [0.25, 0.3) is 0 Å². The summed E-state index contributed by atoms with van der Waals surface area (Å²) in [5, 5.41) is 9.91. The molecule has 0 spiro atoms. The van der Waals surface area contributed by atoms with E-state index in [1.807, 2.05) is 0 Å². The summed E-state index contributed by atoms with van der Waals surface area (Å²) in [6.07, 6.45) is 0. The standard InChI is InChI=1S/C88H62N4/c1-87(2)75-49-55(57-37-43-73-71-29-13-17-31-79(71)90(85(73)51-57)59-21-7-5-8-22-59)35-41-63(75)65-45-39-61(53-77(65)87)89(83-47-48-84(70-26-12-11-25-69(70)83)92-81-33-19-15-27-67(81)68-28-16-20-34-82(68)92)62-40-46-66-64-42-36-56(50-76(64)88(3,4)78(66)54-62)58-38-44-74-72-30-14-18-32-80(72)91(86(74)52-58)60-23-9-6-10-24-60/h5-54H,1-4H3. The number of hydrogen-bond acceptors (Lipinski definition) is 1. The van der Waals surface area contributed by atoms with E-state index in [4.69, 9.17) is 0 Å². The molecule has 0 unspecified atom stereocenters. The molecule has 0 saturated carbocycles. The van der Waals surface area contributed by atoms with Gasteiger partial charge in [0, 0.05) is 76.7 Å². The lowest BCUT2D eigenvalue weighted by Crippen LogP contribution is -2.18. The van der Waals surface area contributed by atoms with Crippen LogP contribution >= 0.6 is 0 Å². The van der Waals surface area contributed by atoms with Gasteiger partial charge >= 0.3 is 0 Å². The smallest absolute Gasteiger partial charge is 0.0547 e. The molecule has 0 aliphatic heterocycles. The monoisotopic (exact) mass is 1170 g/mol. The van der Waals surface area contributed by atoms with Gasteiger partial charge in [-0.2, -0.15) is 0 Å². The molecule has 0 N–H and O–H groups in total. The Morgan fingerprint density at radius 3 is 1.00 bits per heavy atom. The Morgan fingerprint density at radius 1 is 0.239 bits per heavy atom. The maximum absolute atomic E-state index is 2.55. The average molecular weight is 1180 g/mol. The fourth-order valence-electron chi connectivity index (χ4n) is 16.4. The highest BCUT2D eigenvalue weighted by atomic mass is 15.1. The van der Waals surface area contributed by atoms with Crippen LogP contribution in [-0.2, 0) is 10.8 Å². The molecule has 434 valence electrons. The van der Waals surface area contributed by atoms with Crippen molar-refractivity contribution in [2.24, 2.45) is 0 Å². The van der Waals surface area contributed by atoms with E-state index < -0.39 is 0 Å². The molecule has 2 aliphatic carbocycles. The largest absolute Gasteiger partial charge is 0.310 e. The van der Waals surface area contributed by atoms with Crippen molar-refractivity contribution >= 4 is 93.3 Å². The van der Waals surface area contributed by atoms with Gasteiger partial charge in [-0.1, -0.05) is 222 Å². The molecule has 0 fully saturated rings. The fraction of sp³-hybridized carbons (Fsp3) is 0.0682. The van der Waals surface area contributed by atoms with Crippen LogP contribution in [0.25, 0.3) is 138 Å². The zero-order chi connectivity index (χ0) is 61.1. The topological polar surface area (TPSA) is 18.0 Å². The van der Waals surface area contributed by atoms with Gasteiger partial charge in [0.2, 0.25) is 0 Å². The van der Waals surface area contributed by atoms with Crippen LogP contribution in [0.1, 0.15) is 49.9 Å². The van der Waals surface area contributed by atoms with Crippen LogP contribution in [0.2, 0.25) is 0 Å². The first-order valence-electron chi connectivity index (χ1n) is 32.2. The Labute approximate surface area is 534 Å². The summed E-state index contributed by atoms with van der Waals surface area (Å²) in [7, 11) is 0. The predicted molar refractivity (Wildman–Crippen MR) is 388 cm³/mol. The van der Waals surface area contributed by atoms with Gasteiger partial charge in [0.1, 0.15) is 0 Å². The number of anilines is 3. The van der Waals surface area contributed by atoms with Crippen molar-refractivity contribution in [2.45, 2.75) is 38.5 Å². The molecule has 14 aromatic carbocycles. The molecule has 2 aliphatic rings. The molecule has 4 nitrogen and oxygen atoms in total. The molecule has 92 heavy (non-hydrogen) atoms. The van der Waals surface area contributed by atoms with E-state index in [0.717, 1.165) is 34.1 Å². The number of fused-ring (bicyclic) bond motifs is 16. The summed E-state index contributed by atoms with van der Waals surface area (Å²) in [6.45, 7) is 9.69. The van der Waals surface area contributed by atoms with Crippen LogP contribution in [0.5, 0.6) is 0 Å². The summed E-state index contributed by atoms with van der Waals surface area (Å²) in [6, 6.07) is 114. The van der Waals surface area contributed by atoms with Crippen molar-refractivity contribution in [2.75, 3.05) is 4.90 Å². The Balaban J connectivity index is 0.751. The number of rotatable bonds is 8. The quantitative estimate of drug-likeness (QED) is 0.148. The highest BCUT2D eigenvalue weighted by molar-refractivity contribution is 6.14. The maximum Gasteiger partial charge on any atom is 0.0547 e. The number of hydrogen-bond donors (Lipinski definition) is 0. The SMILES string of the molecule is CC1(C)c2cc(-c3ccc4c5ccccc5n(-c5ccccc5)c4c3)ccc2-c2ccc(N(c3ccc4c(c3)C(C)(C)c3cc(-c5ccc6c7ccccc7n(-c7ccccc7)c6c5)ccc3-4)c3ccc(-n4c5ccccc5c5ccccc54)c4ccccc34)cc21. The third-order valence-electron chi connectivity index (χ3n) is 20.8. The Kier molecular flexibility index (Phi) is 11.1. The van der Waals surface area contributed by atoms with Crippen LogP contribution in [0.15, 0.2) is 303 Å². The van der Waals surface area contributed by atoms with E-state index in [1.165, 1.54) is 143 Å². The first-order valence-corrected chi connectivity index (χ1v) is 32.2. The van der Waals surface area contributed by atoms with Crippen molar-refractivity contribution in [3.05, 3.63) is 326 Å². The van der Waals surface area contributed by atoms with Crippen molar-refractivity contribution in [1.82, 2.24) is 13.7 Å². The number of para-hydroxylation sites is 6. The molecular weight excluding hydrogens is 1110 g/mol. The zero-order valence-corrected chi connectivity index (χ0v) is 51.7. The first-order chi connectivity index (χ1) is 45.2. The zero-order valence-electron chi connectivity index (χ0n) is 51.7. The molecule has 3 heterocycles. The van der Waals surface area contributed by atoms with Gasteiger partial charge in [0.15, 0.2) is 0 Å². The van der Waals surface area contributed by atoms with Crippen molar-refractivity contribution in [1.29, 1.82) is 0 Å². The minimum absolute atomic E-state index is 0.310. The van der Waals surface area contributed by atoms with Crippen LogP contribution in [0.3, 0.4) is 0 Å². The van der Waals surface area contributed by atoms with Gasteiger partial charge in [-0.05, 0) is 176 Å². The van der Waals surface area contributed by atoms with Gasteiger partial charge in [-0.3, -0.25) is 0 Å². The third-order valence-corrected chi connectivity index (χ3v) is 20.8. The van der Waals surface area contributed by atoms with Crippen LogP contribution in [0, 0.1) is 0 Å². The van der Waals surface area contributed by atoms with Crippen LogP contribution in [0.4, 0.5) is 17.1 Å². The minimum atomic E-state index is -0.310. The van der Waals surface area contributed by atoms with E-state index in [9.17, 15) is 0 Å². The molecular formula is C88H62N4. The number of nitrogens with zero attached hydrogens (tertiary/aromatic N) is 4. The van der Waals surface area contributed by atoms with Crippen molar-refractivity contribution in [3.8, 4) is 61.6 Å². The number of benzene rings is 14. The van der Waals surface area contributed by atoms with Gasteiger partial charge in [0.05, 0.1) is 44.5 Å². The lowest BCUT2D eigenvalue weighted by Gasteiger charge is -2.31. The highest BCUT2D eigenvalue weighted by Gasteiger charge is 2.39. The summed E-state index contributed by atoms with van der Waals surface area (Å²) in [5.41, 5.74) is 28.8. The van der Waals surface area contributed by atoms with Gasteiger partial charge in [-0.25, -0.2) is 0 Å². The molecule has 0 bridgehead atoms. The van der Waals surface area contributed by atoms with Gasteiger partial charge in [-0.15, -0.1) is 0 Å². The second-order valence-corrected chi connectivity index (χ2v) is 26.4. The second kappa shape index (κ2) is 19.5. The first kappa shape index (κ1) is 52.5. The third kappa shape index (κ3) is 7.52. The van der Waals surface area contributed by atoms with Crippen molar-refractivity contribution < 1.29 is 0 Å². The van der Waals surface area contributed by atoms with E-state index in [1.54, 1.807) is 0 Å². The number of aromatic nitrogens is 3. The van der Waals surface area contributed by atoms with E-state index in [-0.39, 0.29) is 10.8 Å². The van der Waals surface area contributed by atoms with Crippen molar-refractivity contribution in [3.63, 3.8) is 0 Å². The fourth-order valence-corrected chi connectivity index (χ4v) is 16.4. The van der Waals surface area contributed by atoms with E-state index in [0.29, 0.717) is 0 Å². The summed E-state index contributed by atoms with van der Waals surface area (Å²) in [5.74, 6) is 0. The molecule has 19 rings (SSSR count). The minimum Gasteiger partial charge on any atom is -0.310 e. The molecule has 0 atom stereocenters. The average Bonchev–Trinajstić information content (AvgIpc) is 1.59. The Morgan fingerprint density at radius 2 is 0.565 bits per heavy atom. The van der Waals surface area contributed by atoms with E-state index in [2.05, 4.69) is 350 Å². The Bertz CT molecular complexity index is 5630. The predicted octanol–water partition coefficient (Wildman–Crippen LogP) is 23.5. The lowest BCUT2D eigenvalue weighted by atomic mass is 9.81. The Hall–Kier alpha value is -11.5. The molecule has 4 heteroatoms. The molecule has 0 amide bonds. The molecule has 17 aromatic rings. The van der Waals surface area contributed by atoms with Gasteiger partial charge < -0.3 is 18.6 Å². The van der Waals surface area contributed by atoms with E-state index >= 15 is 0 Å². The molecule has 0 saturated heterocycles. The highest BCUT2D eigenvalue weighted by Crippen LogP contribution is 2.55. The summed E-state index contributed by atoms with van der Waals surface area (Å²) in [4.78, 5) is 2.55. The lowest BCUT2D eigenvalue weighted by molar-refractivity contribution is 0.660. The normalized spacial score (nSPS) is 13.6. The van der Waals surface area contributed by atoms with Crippen LogP contribution in [-0.4, -0.2) is 13.7 Å².